The zero-order chi connectivity index (χ0) is 16.4. The van der Waals surface area contributed by atoms with E-state index in [1.165, 1.54) is 52.0 Å². The standard InChI is InChI=1S/C21H24N2S/c1-22-19(15-23-12-4-5-13-23)16-8-10-17(11-9-16)21-14-18-6-2-3-7-20(18)24-21/h2-3,6-11,14,19,22H,4-5,12-13,15H2,1H3. The molecule has 2 nitrogen and oxygen atoms in total. The lowest BCUT2D eigenvalue weighted by Crippen LogP contribution is -2.31. The summed E-state index contributed by atoms with van der Waals surface area (Å²) in [6.07, 6.45) is 2.70. The maximum absolute atomic E-state index is 3.49. The van der Waals surface area contributed by atoms with Crippen molar-refractivity contribution in [3.8, 4) is 10.4 Å². The van der Waals surface area contributed by atoms with Gasteiger partial charge in [-0.1, -0.05) is 42.5 Å². The van der Waals surface area contributed by atoms with Gasteiger partial charge in [-0.25, -0.2) is 0 Å². The molecule has 2 heterocycles. The number of hydrogen-bond acceptors (Lipinski definition) is 3. The van der Waals surface area contributed by atoms with Crippen LogP contribution in [0.5, 0.6) is 0 Å². The number of fused-ring (bicyclic) bond motifs is 1. The van der Waals surface area contributed by atoms with E-state index in [1.54, 1.807) is 0 Å². The van der Waals surface area contributed by atoms with Crippen molar-refractivity contribution < 1.29 is 0 Å². The zero-order valence-electron chi connectivity index (χ0n) is 14.2. The van der Waals surface area contributed by atoms with Gasteiger partial charge < -0.3 is 10.2 Å². The number of rotatable bonds is 5. The Morgan fingerprint density at radius 3 is 2.50 bits per heavy atom. The van der Waals surface area contributed by atoms with Crippen LogP contribution in [0.2, 0.25) is 0 Å². The van der Waals surface area contributed by atoms with Crippen molar-refractivity contribution >= 4 is 21.4 Å². The molecule has 1 aromatic heterocycles. The summed E-state index contributed by atoms with van der Waals surface area (Å²) in [7, 11) is 2.07. The summed E-state index contributed by atoms with van der Waals surface area (Å²) in [6.45, 7) is 3.61. The Bertz CT molecular complexity index is 767. The summed E-state index contributed by atoms with van der Waals surface area (Å²) >= 11 is 1.87. The molecule has 0 amide bonds. The Kier molecular flexibility index (Phi) is 4.65. The lowest BCUT2D eigenvalue weighted by molar-refractivity contribution is 0.299. The third-order valence-electron chi connectivity index (χ3n) is 5.01. The quantitative estimate of drug-likeness (QED) is 0.711. The third kappa shape index (κ3) is 3.25. The second-order valence-corrected chi connectivity index (χ2v) is 7.70. The summed E-state index contributed by atoms with van der Waals surface area (Å²) < 4.78 is 1.36. The van der Waals surface area contributed by atoms with E-state index in [-0.39, 0.29) is 0 Å². The topological polar surface area (TPSA) is 15.3 Å². The number of nitrogens with zero attached hydrogens (tertiary/aromatic N) is 1. The Morgan fingerprint density at radius 1 is 1.04 bits per heavy atom. The minimum absolute atomic E-state index is 0.416. The molecule has 1 N–H and O–H groups in total. The predicted octanol–water partition coefficient (Wildman–Crippen LogP) is 4.92. The van der Waals surface area contributed by atoms with Gasteiger partial charge in [-0.05, 0) is 61.6 Å². The first-order valence-electron chi connectivity index (χ1n) is 8.82. The van der Waals surface area contributed by atoms with E-state index in [0.717, 1.165) is 6.54 Å². The summed E-state index contributed by atoms with van der Waals surface area (Å²) in [5, 5.41) is 4.82. The molecule has 0 radical (unpaired) electrons. The molecule has 2 aromatic carbocycles. The maximum atomic E-state index is 3.49. The SMILES string of the molecule is CNC(CN1CCCC1)c1ccc(-c2cc3ccccc3s2)cc1. The Hall–Kier alpha value is -1.68. The summed E-state index contributed by atoms with van der Waals surface area (Å²) in [5.41, 5.74) is 2.70. The van der Waals surface area contributed by atoms with Crippen LogP contribution in [0.1, 0.15) is 24.4 Å². The van der Waals surface area contributed by atoms with E-state index in [9.17, 15) is 0 Å². The molecular formula is C21H24N2S. The number of nitrogens with one attached hydrogen (secondary N) is 1. The molecule has 0 aliphatic carbocycles. The Morgan fingerprint density at radius 2 is 1.79 bits per heavy atom. The summed E-state index contributed by atoms with van der Waals surface area (Å²) in [4.78, 5) is 3.92. The average Bonchev–Trinajstić information content (AvgIpc) is 3.29. The van der Waals surface area contributed by atoms with Crippen molar-refractivity contribution in [2.75, 3.05) is 26.7 Å². The molecule has 1 saturated heterocycles. The first-order valence-corrected chi connectivity index (χ1v) is 9.64. The highest BCUT2D eigenvalue weighted by molar-refractivity contribution is 7.22. The molecule has 0 bridgehead atoms. The van der Waals surface area contributed by atoms with Crippen LogP contribution in [0.3, 0.4) is 0 Å². The highest BCUT2D eigenvalue weighted by atomic mass is 32.1. The molecule has 1 aliphatic rings. The molecular weight excluding hydrogens is 312 g/mol. The lowest BCUT2D eigenvalue weighted by Gasteiger charge is -2.23. The lowest BCUT2D eigenvalue weighted by atomic mass is 10.0. The molecule has 1 atom stereocenters. The van der Waals surface area contributed by atoms with Gasteiger partial charge in [-0.15, -0.1) is 11.3 Å². The van der Waals surface area contributed by atoms with Crippen molar-refractivity contribution in [1.29, 1.82) is 0 Å². The van der Waals surface area contributed by atoms with Crippen LogP contribution in [0.15, 0.2) is 54.6 Å². The summed E-state index contributed by atoms with van der Waals surface area (Å²) in [5.74, 6) is 0. The van der Waals surface area contributed by atoms with Crippen molar-refractivity contribution in [2.24, 2.45) is 0 Å². The molecule has 0 spiro atoms. The normalized spacial score (nSPS) is 16.7. The van der Waals surface area contributed by atoms with E-state index < -0.39 is 0 Å². The van der Waals surface area contributed by atoms with Gasteiger partial charge in [0.15, 0.2) is 0 Å². The van der Waals surface area contributed by atoms with Crippen LogP contribution in [-0.4, -0.2) is 31.6 Å². The number of likely N-dealkylation sites (N-methyl/N-ethyl adjacent to an activating group) is 1. The second kappa shape index (κ2) is 7.06. The monoisotopic (exact) mass is 336 g/mol. The number of thiophene rings is 1. The fraction of sp³-hybridized carbons (Fsp3) is 0.333. The van der Waals surface area contributed by atoms with Crippen LogP contribution in [0.25, 0.3) is 20.5 Å². The van der Waals surface area contributed by atoms with Crippen LogP contribution in [0, 0.1) is 0 Å². The minimum atomic E-state index is 0.416. The van der Waals surface area contributed by atoms with Crippen molar-refractivity contribution in [3.63, 3.8) is 0 Å². The fourth-order valence-electron chi connectivity index (χ4n) is 3.59. The van der Waals surface area contributed by atoms with Crippen LogP contribution in [-0.2, 0) is 0 Å². The second-order valence-electron chi connectivity index (χ2n) is 6.62. The van der Waals surface area contributed by atoms with Gasteiger partial charge in [-0.3, -0.25) is 0 Å². The highest BCUT2D eigenvalue weighted by Gasteiger charge is 2.17. The van der Waals surface area contributed by atoms with Crippen molar-refractivity contribution in [1.82, 2.24) is 10.2 Å². The molecule has 4 rings (SSSR count). The van der Waals surface area contributed by atoms with Crippen molar-refractivity contribution in [2.45, 2.75) is 18.9 Å². The average molecular weight is 337 g/mol. The van der Waals surface area contributed by atoms with Gasteiger partial charge in [0.25, 0.3) is 0 Å². The molecule has 3 heteroatoms. The Labute approximate surface area is 148 Å². The number of likely N-dealkylation sites (tertiary alicyclic amines) is 1. The van der Waals surface area contributed by atoms with Crippen LogP contribution >= 0.6 is 11.3 Å². The molecule has 1 fully saturated rings. The van der Waals surface area contributed by atoms with Gasteiger partial charge in [0.05, 0.1) is 0 Å². The fourth-order valence-corrected chi connectivity index (χ4v) is 4.66. The highest BCUT2D eigenvalue weighted by Crippen LogP contribution is 2.33. The van der Waals surface area contributed by atoms with E-state index >= 15 is 0 Å². The van der Waals surface area contributed by atoms with Crippen molar-refractivity contribution in [3.05, 3.63) is 60.2 Å². The van der Waals surface area contributed by atoms with Gasteiger partial charge in [0.1, 0.15) is 0 Å². The van der Waals surface area contributed by atoms with E-state index in [1.807, 2.05) is 11.3 Å². The third-order valence-corrected chi connectivity index (χ3v) is 6.18. The van der Waals surface area contributed by atoms with E-state index in [2.05, 4.69) is 71.9 Å². The van der Waals surface area contributed by atoms with Gasteiger partial charge in [0.2, 0.25) is 0 Å². The largest absolute Gasteiger partial charge is 0.312 e. The smallest absolute Gasteiger partial charge is 0.0446 e. The molecule has 124 valence electrons. The number of benzene rings is 2. The van der Waals surface area contributed by atoms with Crippen LogP contribution in [0.4, 0.5) is 0 Å². The first kappa shape index (κ1) is 15.8. The molecule has 1 unspecified atom stereocenters. The zero-order valence-corrected chi connectivity index (χ0v) is 15.0. The molecule has 24 heavy (non-hydrogen) atoms. The summed E-state index contributed by atoms with van der Waals surface area (Å²) in [6, 6.07) is 20.5. The van der Waals surface area contributed by atoms with E-state index in [4.69, 9.17) is 0 Å². The molecule has 0 saturated carbocycles. The van der Waals surface area contributed by atoms with Gasteiger partial charge >= 0.3 is 0 Å². The van der Waals surface area contributed by atoms with Gasteiger partial charge in [-0.2, -0.15) is 0 Å². The van der Waals surface area contributed by atoms with E-state index in [0.29, 0.717) is 6.04 Å². The van der Waals surface area contributed by atoms with Gasteiger partial charge in [0, 0.05) is 22.2 Å². The Balaban J connectivity index is 1.54. The molecule has 3 aromatic rings. The van der Waals surface area contributed by atoms with Crippen LogP contribution < -0.4 is 5.32 Å². The maximum Gasteiger partial charge on any atom is 0.0446 e. The predicted molar refractivity (Wildman–Crippen MR) is 105 cm³/mol. The molecule has 1 aliphatic heterocycles. The minimum Gasteiger partial charge on any atom is -0.312 e. The first-order chi connectivity index (χ1) is 11.8. The number of hydrogen-bond donors (Lipinski definition) is 1.